The van der Waals surface area contributed by atoms with Crippen LogP contribution in [0.15, 0.2) is 42.7 Å². The molecule has 3 aromatic rings. The zero-order chi connectivity index (χ0) is 18.1. The Bertz CT molecular complexity index is 905. The maximum atomic E-state index is 13.6. The SMILES string of the molecule is Cn1cc(C(=O)N2C[C@@H](CF)[C@H](c3nc(-c4ccccc4)n[nH]3)C2)cn1. The van der Waals surface area contributed by atoms with E-state index in [1.54, 1.807) is 22.8 Å². The van der Waals surface area contributed by atoms with Crippen LogP contribution >= 0.6 is 0 Å². The number of carbonyl (C=O) groups excluding carboxylic acids is 1. The third-order valence-electron chi connectivity index (χ3n) is 4.76. The Labute approximate surface area is 149 Å². The maximum absolute atomic E-state index is 13.6. The van der Waals surface area contributed by atoms with Crippen molar-refractivity contribution in [1.82, 2.24) is 29.9 Å². The molecule has 1 aliphatic rings. The number of amides is 1. The van der Waals surface area contributed by atoms with Crippen LogP contribution in [0.4, 0.5) is 4.39 Å². The number of benzene rings is 1. The predicted molar refractivity (Wildman–Crippen MR) is 93.1 cm³/mol. The lowest BCUT2D eigenvalue weighted by Crippen LogP contribution is -2.28. The summed E-state index contributed by atoms with van der Waals surface area (Å²) >= 11 is 0. The predicted octanol–water partition coefficient (Wildman–Crippen LogP) is 2.03. The molecule has 7 nitrogen and oxygen atoms in total. The van der Waals surface area contributed by atoms with Gasteiger partial charge in [-0.1, -0.05) is 30.3 Å². The summed E-state index contributed by atoms with van der Waals surface area (Å²) in [5, 5.41) is 11.2. The van der Waals surface area contributed by atoms with E-state index in [0.717, 1.165) is 5.56 Å². The number of carbonyl (C=O) groups is 1. The third kappa shape index (κ3) is 2.98. The molecule has 0 aliphatic carbocycles. The molecule has 0 unspecified atom stereocenters. The zero-order valence-corrected chi connectivity index (χ0v) is 14.3. The van der Waals surface area contributed by atoms with Gasteiger partial charge in [0, 0.05) is 43.7 Å². The normalized spacial score (nSPS) is 19.8. The zero-order valence-electron chi connectivity index (χ0n) is 14.3. The van der Waals surface area contributed by atoms with Gasteiger partial charge in [-0.3, -0.25) is 19.0 Å². The molecule has 2 aromatic heterocycles. The second-order valence-corrected chi connectivity index (χ2v) is 6.54. The number of likely N-dealkylation sites (tertiary alicyclic amines) is 1. The van der Waals surface area contributed by atoms with Crippen LogP contribution in [0.5, 0.6) is 0 Å². The van der Waals surface area contributed by atoms with Gasteiger partial charge in [0.15, 0.2) is 5.82 Å². The van der Waals surface area contributed by atoms with Crippen molar-refractivity contribution in [3.05, 3.63) is 54.1 Å². The van der Waals surface area contributed by atoms with Gasteiger partial charge < -0.3 is 4.90 Å². The largest absolute Gasteiger partial charge is 0.337 e. The van der Waals surface area contributed by atoms with Crippen molar-refractivity contribution in [2.75, 3.05) is 19.8 Å². The van der Waals surface area contributed by atoms with E-state index in [2.05, 4.69) is 20.3 Å². The lowest BCUT2D eigenvalue weighted by Gasteiger charge is -2.14. The molecule has 1 N–H and O–H groups in total. The lowest BCUT2D eigenvalue weighted by molar-refractivity contribution is 0.0784. The lowest BCUT2D eigenvalue weighted by atomic mass is 9.97. The summed E-state index contributed by atoms with van der Waals surface area (Å²) in [6, 6.07) is 9.60. The van der Waals surface area contributed by atoms with E-state index in [1.165, 1.54) is 6.20 Å². The summed E-state index contributed by atoms with van der Waals surface area (Å²) in [7, 11) is 1.76. The first-order valence-electron chi connectivity index (χ1n) is 8.47. The smallest absolute Gasteiger partial charge is 0.257 e. The van der Waals surface area contributed by atoms with Gasteiger partial charge >= 0.3 is 0 Å². The molecule has 0 radical (unpaired) electrons. The van der Waals surface area contributed by atoms with E-state index in [-0.39, 0.29) is 17.7 Å². The van der Waals surface area contributed by atoms with Crippen molar-refractivity contribution in [2.45, 2.75) is 5.92 Å². The Morgan fingerprint density at radius 3 is 2.81 bits per heavy atom. The highest BCUT2D eigenvalue weighted by atomic mass is 19.1. The van der Waals surface area contributed by atoms with Crippen molar-refractivity contribution in [3.63, 3.8) is 0 Å². The number of H-pyrrole nitrogens is 1. The van der Waals surface area contributed by atoms with E-state index in [4.69, 9.17) is 0 Å². The van der Waals surface area contributed by atoms with Gasteiger partial charge in [-0.05, 0) is 0 Å². The summed E-state index contributed by atoms with van der Waals surface area (Å²) in [6.45, 7) is 0.255. The standard InChI is InChI=1S/C18H19FN6O/c1-24-9-14(8-20-24)18(26)25-10-13(7-19)15(11-25)17-21-16(22-23-17)12-5-3-2-4-6-12/h2-6,8-9,13,15H,7,10-11H2,1H3,(H,21,22,23)/t13-,15-/m1/s1. The molecule has 0 spiro atoms. The number of hydrogen-bond acceptors (Lipinski definition) is 4. The number of aryl methyl sites for hydroxylation is 1. The van der Waals surface area contributed by atoms with Crippen molar-refractivity contribution in [3.8, 4) is 11.4 Å². The van der Waals surface area contributed by atoms with Crippen LogP contribution in [0.3, 0.4) is 0 Å². The number of nitrogens with one attached hydrogen (secondary N) is 1. The first kappa shape index (κ1) is 16.4. The molecule has 1 aromatic carbocycles. The van der Waals surface area contributed by atoms with Gasteiger partial charge in [-0.25, -0.2) is 4.98 Å². The van der Waals surface area contributed by atoms with Crippen molar-refractivity contribution in [2.24, 2.45) is 13.0 Å². The van der Waals surface area contributed by atoms with Crippen LogP contribution in [-0.4, -0.2) is 55.5 Å². The van der Waals surface area contributed by atoms with E-state index in [0.29, 0.717) is 30.3 Å². The molecule has 1 fully saturated rings. The highest BCUT2D eigenvalue weighted by Crippen LogP contribution is 2.32. The minimum Gasteiger partial charge on any atom is -0.337 e. The van der Waals surface area contributed by atoms with Crippen LogP contribution in [0.2, 0.25) is 0 Å². The van der Waals surface area contributed by atoms with E-state index >= 15 is 0 Å². The first-order chi connectivity index (χ1) is 12.7. The van der Waals surface area contributed by atoms with Gasteiger partial charge in [-0.2, -0.15) is 10.2 Å². The molecule has 1 saturated heterocycles. The average molecular weight is 354 g/mol. The van der Waals surface area contributed by atoms with Crippen LogP contribution in [0.25, 0.3) is 11.4 Å². The summed E-state index contributed by atoms with van der Waals surface area (Å²) in [6.07, 6.45) is 3.20. The Morgan fingerprint density at radius 1 is 1.31 bits per heavy atom. The maximum Gasteiger partial charge on any atom is 0.257 e. The summed E-state index contributed by atoms with van der Waals surface area (Å²) in [4.78, 5) is 18.8. The molecule has 1 amide bonds. The quantitative estimate of drug-likeness (QED) is 0.777. The average Bonchev–Trinajstić information content (AvgIpc) is 3.40. The van der Waals surface area contributed by atoms with Gasteiger partial charge in [-0.15, -0.1) is 0 Å². The van der Waals surface area contributed by atoms with E-state index in [1.807, 2.05) is 30.3 Å². The number of nitrogens with zero attached hydrogens (tertiary/aromatic N) is 5. The Hall–Kier alpha value is -3.03. The Morgan fingerprint density at radius 2 is 2.12 bits per heavy atom. The van der Waals surface area contributed by atoms with Gasteiger partial charge in [0.05, 0.1) is 18.4 Å². The van der Waals surface area contributed by atoms with Crippen LogP contribution in [0.1, 0.15) is 22.1 Å². The summed E-state index contributed by atoms with van der Waals surface area (Å²) in [5.74, 6) is 0.558. The van der Waals surface area contributed by atoms with Crippen molar-refractivity contribution >= 4 is 5.91 Å². The van der Waals surface area contributed by atoms with Crippen molar-refractivity contribution in [1.29, 1.82) is 0 Å². The molecule has 2 atom stereocenters. The molecule has 1 aliphatic heterocycles. The molecular weight excluding hydrogens is 335 g/mol. The number of alkyl halides is 1. The second-order valence-electron chi connectivity index (χ2n) is 6.54. The van der Waals surface area contributed by atoms with Crippen LogP contribution in [0, 0.1) is 5.92 Å². The van der Waals surface area contributed by atoms with Crippen LogP contribution < -0.4 is 0 Å². The molecular formula is C18H19FN6O. The molecule has 26 heavy (non-hydrogen) atoms. The molecule has 0 bridgehead atoms. The van der Waals surface area contributed by atoms with Crippen LogP contribution in [-0.2, 0) is 7.05 Å². The van der Waals surface area contributed by atoms with Crippen molar-refractivity contribution < 1.29 is 9.18 Å². The topological polar surface area (TPSA) is 79.7 Å². The first-order valence-corrected chi connectivity index (χ1v) is 8.47. The van der Waals surface area contributed by atoms with Gasteiger partial charge in [0.25, 0.3) is 5.91 Å². The fourth-order valence-electron chi connectivity index (χ4n) is 3.37. The fraction of sp³-hybridized carbons (Fsp3) is 0.333. The van der Waals surface area contributed by atoms with Gasteiger partial charge in [0.2, 0.25) is 0 Å². The molecule has 8 heteroatoms. The summed E-state index contributed by atoms with van der Waals surface area (Å²) in [5.41, 5.74) is 1.40. The Kier molecular flexibility index (Phi) is 4.24. The Balaban J connectivity index is 1.55. The minimum atomic E-state index is -0.511. The molecule has 3 heterocycles. The molecule has 134 valence electrons. The fourth-order valence-corrected chi connectivity index (χ4v) is 3.37. The highest BCUT2D eigenvalue weighted by Gasteiger charge is 2.38. The number of hydrogen-bond donors (Lipinski definition) is 1. The second kappa shape index (κ2) is 6.70. The van der Waals surface area contributed by atoms with E-state index < -0.39 is 6.67 Å². The van der Waals surface area contributed by atoms with E-state index in [9.17, 15) is 9.18 Å². The number of halogens is 1. The summed E-state index contributed by atoms with van der Waals surface area (Å²) < 4.78 is 15.2. The van der Waals surface area contributed by atoms with Gasteiger partial charge in [0.1, 0.15) is 5.82 Å². The number of aromatic nitrogens is 5. The minimum absolute atomic E-state index is 0.137. The molecule has 0 saturated carbocycles. The number of rotatable bonds is 4. The highest BCUT2D eigenvalue weighted by molar-refractivity contribution is 5.94. The monoisotopic (exact) mass is 354 g/mol. The number of aromatic amines is 1. The molecule has 4 rings (SSSR count). The third-order valence-corrected chi connectivity index (χ3v) is 4.76.